The topological polar surface area (TPSA) is 58.4 Å². The molecule has 0 spiro atoms. The van der Waals surface area contributed by atoms with Crippen LogP contribution in [0.5, 0.6) is 0 Å². The highest BCUT2D eigenvalue weighted by Crippen LogP contribution is 2.10. The maximum Gasteiger partial charge on any atom is 0.231 e. The Bertz CT molecular complexity index is 196. The van der Waals surface area contributed by atoms with Crippen LogP contribution in [0.15, 0.2) is 0 Å². The fourth-order valence-electron chi connectivity index (χ4n) is 2.14. The molecule has 4 heteroatoms. The van der Waals surface area contributed by atoms with Gasteiger partial charge in [-0.15, -0.1) is 0 Å². The Morgan fingerprint density at radius 1 is 1.47 bits per heavy atom. The number of nitrogens with one attached hydrogen (secondary N) is 1. The normalized spacial score (nSPS) is 23.7. The van der Waals surface area contributed by atoms with Gasteiger partial charge >= 0.3 is 0 Å². The predicted molar refractivity (Wildman–Crippen MR) is 61.6 cm³/mol. The molecule has 0 aromatic carbocycles. The van der Waals surface area contributed by atoms with Crippen LogP contribution in [0, 0.1) is 0 Å². The van der Waals surface area contributed by atoms with Gasteiger partial charge in [-0.25, -0.2) is 0 Å². The highest BCUT2D eigenvalue weighted by Gasteiger charge is 2.16. The molecule has 0 aromatic rings. The van der Waals surface area contributed by atoms with Gasteiger partial charge in [-0.3, -0.25) is 4.79 Å². The molecule has 0 bridgehead atoms. The molecule has 15 heavy (non-hydrogen) atoms. The molecule has 1 rings (SSSR count). The summed E-state index contributed by atoms with van der Waals surface area (Å²) in [6.45, 7) is 6.07. The van der Waals surface area contributed by atoms with Gasteiger partial charge in [0.15, 0.2) is 0 Å². The third-order valence-corrected chi connectivity index (χ3v) is 2.93. The summed E-state index contributed by atoms with van der Waals surface area (Å²) in [5, 5.41) is 3.22. The lowest BCUT2D eigenvalue weighted by Crippen LogP contribution is -2.37. The van der Waals surface area contributed by atoms with E-state index in [-0.39, 0.29) is 5.91 Å². The van der Waals surface area contributed by atoms with Crippen molar-refractivity contribution in [3.63, 3.8) is 0 Å². The fourth-order valence-corrected chi connectivity index (χ4v) is 2.14. The van der Waals surface area contributed by atoms with Gasteiger partial charge < -0.3 is 16.0 Å². The van der Waals surface area contributed by atoms with Crippen LogP contribution in [-0.2, 0) is 4.79 Å². The average Bonchev–Trinajstić information content (AvgIpc) is 2.41. The summed E-state index contributed by atoms with van der Waals surface area (Å²) in [5.41, 5.74) is 5.11. The summed E-state index contributed by atoms with van der Waals surface area (Å²) in [6, 6.07) is 0.472. The Labute approximate surface area is 92.2 Å². The first-order valence-electron chi connectivity index (χ1n) is 5.96. The van der Waals surface area contributed by atoms with E-state index in [0.717, 1.165) is 19.4 Å². The zero-order valence-corrected chi connectivity index (χ0v) is 9.67. The van der Waals surface area contributed by atoms with Gasteiger partial charge in [0.2, 0.25) is 5.91 Å². The van der Waals surface area contributed by atoms with Gasteiger partial charge in [0, 0.05) is 6.04 Å². The van der Waals surface area contributed by atoms with E-state index in [0.29, 0.717) is 12.6 Å². The van der Waals surface area contributed by atoms with Gasteiger partial charge in [-0.05, 0) is 45.3 Å². The summed E-state index contributed by atoms with van der Waals surface area (Å²) in [6.07, 6.45) is 4.73. The molecule has 1 fully saturated rings. The van der Waals surface area contributed by atoms with Crippen molar-refractivity contribution in [3.05, 3.63) is 0 Å². The zero-order chi connectivity index (χ0) is 11.1. The van der Waals surface area contributed by atoms with Crippen molar-refractivity contribution in [2.24, 2.45) is 5.73 Å². The third-order valence-electron chi connectivity index (χ3n) is 2.93. The smallest absolute Gasteiger partial charge is 0.231 e. The van der Waals surface area contributed by atoms with E-state index in [1.807, 2.05) is 0 Å². The summed E-state index contributed by atoms with van der Waals surface area (Å²) in [4.78, 5) is 13.1. The highest BCUT2D eigenvalue weighted by atomic mass is 16.1. The Balaban J connectivity index is 2.23. The van der Waals surface area contributed by atoms with Crippen LogP contribution in [-0.4, -0.2) is 43.0 Å². The molecule has 4 nitrogen and oxygen atoms in total. The number of amides is 1. The van der Waals surface area contributed by atoms with Crippen molar-refractivity contribution in [2.75, 3.05) is 26.2 Å². The standard InChI is InChI=1S/C11H23N3O/c1-2-6-14-7-3-4-10(5-8-14)13-9-11(12)15/h10,13H,2-9H2,1H3,(H2,12,15). The number of hydrogen-bond donors (Lipinski definition) is 2. The van der Waals surface area contributed by atoms with Gasteiger partial charge in [-0.2, -0.15) is 0 Å². The number of nitrogens with two attached hydrogens (primary N) is 1. The monoisotopic (exact) mass is 213 g/mol. The zero-order valence-electron chi connectivity index (χ0n) is 9.67. The highest BCUT2D eigenvalue weighted by molar-refractivity contribution is 5.75. The lowest BCUT2D eigenvalue weighted by Gasteiger charge is -2.19. The summed E-state index contributed by atoms with van der Waals surface area (Å²) in [5.74, 6) is -0.260. The predicted octanol–water partition coefficient (Wildman–Crippen LogP) is 0.326. The first kappa shape index (κ1) is 12.5. The van der Waals surface area contributed by atoms with Gasteiger partial charge in [0.25, 0.3) is 0 Å². The molecule has 1 atom stereocenters. The van der Waals surface area contributed by atoms with Crippen LogP contribution in [0.25, 0.3) is 0 Å². The fraction of sp³-hybridized carbons (Fsp3) is 0.909. The molecule has 1 saturated heterocycles. The van der Waals surface area contributed by atoms with E-state index in [2.05, 4.69) is 17.1 Å². The second-order valence-electron chi connectivity index (χ2n) is 4.32. The van der Waals surface area contributed by atoms with Crippen molar-refractivity contribution in [1.29, 1.82) is 0 Å². The van der Waals surface area contributed by atoms with Crippen LogP contribution < -0.4 is 11.1 Å². The van der Waals surface area contributed by atoms with Crippen molar-refractivity contribution in [3.8, 4) is 0 Å². The van der Waals surface area contributed by atoms with Gasteiger partial charge in [-0.1, -0.05) is 6.92 Å². The second kappa shape index (κ2) is 6.80. The molecule has 0 aromatic heterocycles. The number of nitrogens with zero attached hydrogens (tertiary/aromatic N) is 1. The molecule has 1 aliphatic rings. The molecular formula is C11H23N3O. The number of primary amides is 1. The Kier molecular flexibility index (Phi) is 5.65. The van der Waals surface area contributed by atoms with E-state index >= 15 is 0 Å². The molecule has 1 amide bonds. The maximum atomic E-state index is 10.6. The van der Waals surface area contributed by atoms with Crippen LogP contribution >= 0.6 is 0 Å². The van der Waals surface area contributed by atoms with E-state index in [9.17, 15) is 4.79 Å². The largest absolute Gasteiger partial charge is 0.369 e. The molecule has 1 unspecified atom stereocenters. The maximum absolute atomic E-state index is 10.6. The summed E-state index contributed by atoms with van der Waals surface area (Å²) in [7, 11) is 0. The van der Waals surface area contributed by atoms with E-state index in [1.165, 1.54) is 25.9 Å². The van der Waals surface area contributed by atoms with Crippen LogP contribution in [0.4, 0.5) is 0 Å². The van der Waals surface area contributed by atoms with E-state index in [1.54, 1.807) is 0 Å². The lowest BCUT2D eigenvalue weighted by molar-refractivity contribution is -0.117. The van der Waals surface area contributed by atoms with Crippen LogP contribution in [0.1, 0.15) is 32.6 Å². The van der Waals surface area contributed by atoms with E-state index < -0.39 is 0 Å². The van der Waals surface area contributed by atoms with Crippen molar-refractivity contribution < 1.29 is 4.79 Å². The molecule has 0 radical (unpaired) electrons. The molecule has 0 aliphatic carbocycles. The molecule has 1 aliphatic heterocycles. The SMILES string of the molecule is CCCN1CCCC(NCC(N)=O)CC1. The van der Waals surface area contributed by atoms with Crippen molar-refractivity contribution >= 4 is 5.91 Å². The van der Waals surface area contributed by atoms with Crippen LogP contribution in [0.3, 0.4) is 0 Å². The first-order valence-corrected chi connectivity index (χ1v) is 5.96. The number of hydrogen-bond acceptors (Lipinski definition) is 3. The van der Waals surface area contributed by atoms with Gasteiger partial charge in [0.05, 0.1) is 6.54 Å². The minimum Gasteiger partial charge on any atom is -0.369 e. The average molecular weight is 213 g/mol. The molecule has 3 N–H and O–H groups in total. The Hall–Kier alpha value is -0.610. The molecule has 0 saturated carbocycles. The quantitative estimate of drug-likeness (QED) is 0.692. The molecular weight excluding hydrogens is 190 g/mol. The minimum atomic E-state index is -0.260. The molecule has 88 valence electrons. The van der Waals surface area contributed by atoms with Crippen molar-refractivity contribution in [1.82, 2.24) is 10.2 Å². The minimum absolute atomic E-state index is 0.260. The number of carbonyl (C=O) groups is 1. The van der Waals surface area contributed by atoms with E-state index in [4.69, 9.17) is 5.73 Å². The summed E-state index contributed by atoms with van der Waals surface area (Å²) < 4.78 is 0. The Morgan fingerprint density at radius 3 is 2.93 bits per heavy atom. The second-order valence-corrected chi connectivity index (χ2v) is 4.32. The van der Waals surface area contributed by atoms with Crippen LogP contribution in [0.2, 0.25) is 0 Å². The number of carbonyl (C=O) groups excluding carboxylic acids is 1. The first-order chi connectivity index (χ1) is 7.22. The number of rotatable bonds is 5. The molecule has 1 heterocycles. The Morgan fingerprint density at radius 2 is 2.27 bits per heavy atom. The van der Waals surface area contributed by atoms with Gasteiger partial charge in [0.1, 0.15) is 0 Å². The third kappa shape index (κ3) is 5.14. The van der Waals surface area contributed by atoms with Crippen molar-refractivity contribution in [2.45, 2.75) is 38.6 Å². The number of likely N-dealkylation sites (tertiary alicyclic amines) is 1. The summed E-state index contributed by atoms with van der Waals surface area (Å²) >= 11 is 0. The lowest BCUT2D eigenvalue weighted by atomic mass is 10.1.